The molecule has 1 unspecified atom stereocenters. The SMILES string of the molecule is CC[C@]1(C)C[C@@H](OC(=O)CSC(C)(C)CNC(=O)[C@H](N)C(C)C)[C@]2(C)[C@H](C)CC[C@]3(CCC(O)[C@H]32)[C@@H](C)[C@@H]1O. The molecule has 8 heteroatoms. The monoisotopic (exact) mass is 568 g/mol. The van der Waals surface area contributed by atoms with E-state index in [1.807, 2.05) is 27.7 Å². The molecule has 0 aromatic carbocycles. The van der Waals surface area contributed by atoms with E-state index in [0.717, 1.165) is 32.1 Å². The van der Waals surface area contributed by atoms with Crippen LogP contribution in [0.15, 0.2) is 0 Å². The van der Waals surface area contributed by atoms with Gasteiger partial charge in [0, 0.05) is 16.7 Å². The summed E-state index contributed by atoms with van der Waals surface area (Å²) in [6, 6.07) is -0.558. The molecule has 3 fully saturated rings. The van der Waals surface area contributed by atoms with Crippen molar-refractivity contribution in [2.24, 2.45) is 45.7 Å². The lowest BCUT2D eigenvalue weighted by atomic mass is 9.43. The van der Waals surface area contributed by atoms with Gasteiger partial charge in [-0.05, 0) is 86.9 Å². The molecule has 0 saturated heterocycles. The van der Waals surface area contributed by atoms with Gasteiger partial charge in [0.25, 0.3) is 0 Å². The van der Waals surface area contributed by atoms with Crippen LogP contribution in [-0.4, -0.2) is 63.5 Å². The molecule has 0 spiro atoms. The van der Waals surface area contributed by atoms with Crippen LogP contribution >= 0.6 is 11.8 Å². The molecule has 3 aliphatic carbocycles. The van der Waals surface area contributed by atoms with Crippen molar-refractivity contribution in [2.45, 2.75) is 130 Å². The van der Waals surface area contributed by atoms with Crippen LogP contribution in [0.2, 0.25) is 0 Å². The minimum atomic E-state index is -0.558. The van der Waals surface area contributed by atoms with Crippen molar-refractivity contribution < 1.29 is 24.5 Å². The Labute approximate surface area is 241 Å². The third-order valence-electron chi connectivity index (χ3n) is 11.5. The fraction of sp³-hybridized carbons (Fsp3) is 0.935. The van der Waals surface area contributed by atoms with E-state index in [4.69, 9.17) is 10.5 Å². The number of aliphatic hydroxyl groups excluding tert-OH is 2. The van der Waals surface area contributed by atoms with Gasteiger partial charge >= 0.3 is 5.97 Å². The predicted octanol–water partition coefficient (Wildman–Crippen LogP) is 4.52. The molecule has 0 heterocycles. The lowest BCUT2D eigenvalue weighted by Gasteiger charge is -2.63. The zero-order valence-electron chi connectivity index (χ0n) is 25.9. The van der Waals surface area contributed by atoms with E-state index in [1.54, 1.807) is 0 Å². The normalized spacial score (nSPS) is 41.4. The van der Waals surface area contributed by atoms with E-state index < -0.39 is 24.4 Å². The van der Waals surface area contributed by atoms with Crippen molar-refractivity contribution in [2.75, 3.05) is 12.3 Å². The first kappa shape index (κ1) is 32.7. The predicted molar refractivity (Wildman–Crippen MR) is 158 cm³/mol. The molecule has 39 heavy (non-hydrogen) atoms. The molecule has 10 atom stereocenters. The third-order valence-corrected chi connectivity index (χ3v) is 12.8. The molecule has 0 aromatic rings. The van der Waals surface area contributed by atoms with Crippen LogP contribution in [0.5, 0.6) is 0 Å². The van der Waals surface area contributed by atoms with Crippen molar-refractivity contribution in [3.8, 4) is 0 Å². The Balaban J connectivity index is 1.81. The standard InChI is InChI=1S/C31H56N2O5S/c1-10-29(8)15-22(38-23(35)16-39-28(6,7)17-33-27(37)24(32)18(2)3)30(9)19(4)11-13-31(20(5)26(29)36)14-12-21(34)25(30)31/h18-22,24-26,34,36H,10-17,32H2,1-9H3,(H,33,37)/t19-,20+,21?,22-,24-,25+,26+,29-,30+,31+/m1/s1. The maximum atomic E-state index is 13.4. The van der Waals surface area contributed by atoms with Crippen LogP contribution in [0.25, 0.3) is 0 Å². The van der Waals surface area contributed by atoms with Gasteiger partial charge in [0.15, 0.2) is 0 Å². The van der Waals surface area contributed by atoms with E-state index in [-0.39, 0.29) is 62.3 Å². The van der Waals surface area contributed by atoms with Crippen molar-refractivity contribution in [3.05, 3.63) is 0 Å². The highest BCUT2D eigenvalue weighted by Crippen LogP contribution is 2.69. The highest BCUT2D eigenvalue weighted by atomic mass is 32.2. The summed E-state index contributed by atoms with van der Waals surface area (Å²) >= 11 is 1.47. The summed E-state index contributed by atoms with van der Waals surface area (Å²) in [6.45, 7) is 19.2. The van der Waals surface area contributed by atoms with Gasteiger partial charge in [-0.1, -0.05) is 48.5 Å². The van der Waals surface area contributed by atoms with Crippen molar-refractivity contribution in [1.29, 1.82) is 0 Å². The molecular formula is C31H56N2O5S. The third kappa shape index (κ3) is 6.05. The number of hydrogen-bond donors (Lipinski definition) is 4. The zero-order chi connectivity index (χ0) is 29.6. The number of amides is 1. The number of nitrogens with two attached hydrogens (primary N) is 1. The van der Waals surface area contributed by atoms with Gasteiger partial charge in [0.05, 0.1) is 24.0 Å². The summed E-state index contributed by atoms with van der Waals surface area (Å²) < 4.78 is 6.04. The maximum Gasteiger partial charge on any atom is 0.316 e. The van der Waals surface area contributed by atoms with Gasteiger partial charge in [-0.2, -0.15) is 0 Å². The molecule has 226 valence electrons. The number of rotatable bonds is 9. The van der Waals surface area contributed by atoms with Crippen molar-refractivity contribution >= 4 is 23.6 Å². The molecule has 0 radical (unpaired) electrons. The van der Waals surface area contributed by atoms with Crippen LogP contribution in [-0.2, 0) is 14.3 Å². The molecule has 3 rings (SSSR count). The largest absolute Gasteiger partial charge is 0.461 e. The van der Waals surface area contributed by atoms with E-state index in [9.17, 15) is 19.8 Å². The number of carbonyl (C=O) groups is 2. The summed E-state index contributed by atoms with van der Waals surface area (Å²) in [4.78, 5) is 25.8. The minimum absolute atomic E-state index is 0.0120. The second-order valence-electron chi connectivity index (χ2n) is 14.6. The lowest BCUT2D eigenvalue weighted by Crippen LogP contribution is -2.63. The summed E-state index contributed by atoms with van der Waals surface area (Å²) in [5, 5.41) is 26.1. The number of aliphatic hydroxyl groups is 2. The molecular weight excluding hydrogens is 512 g/mol. The number of esters is 1. The van der Waals surface area contributed by atoms with Crippen LogP contribution < -0.4 is 11.1 Å². The number of ether oxygens (including phenoxy) is 1. The smallest absolute Gasteiger partial charge is 0.316 e. The first-order valence-corrected chi connectivity index (χ1v) is 16.2. The van der Waals surface area contributed by atoms with E-state index in [2.05, 4.69) is 39.9 Å². The minimum Gasteiger partial charge on any atom is -0.461 e. The highest BCUT2D eigenvalue weighted by Gasteiger charge is 2.68. The molecule has 7 nitrogen and oxygen atoms in total. The van der Waals surface area contributed by atoms with Gasteiger partial charge in [-0.3, -0.25) is 9.59 Å². The zero-order valence-corrected chi connectivity index (χ0v) is 26.7. The van der Waals surface area contributed by atoms with Gasteiger partial charge in [0.1, 0.15) is 6.10 Å². The summed E-state index contributed by atoms with van der Waals surface area (Å²) in [7, 11) is 0. The van der Waals surface area contributed by atoms with Crippen LogP contribution in [0.1, 0.15) is 101 Å². The number of nitrogens with one attached hydrogen (secondary N) is 1. The topological polar surface area (TPSA) is 122 Å². The van der Waals surface area contributed by atoms with Crippen LogP contribution in [0, 0.1) is 39.9 Å². The summed E-state index contributed by atoms with van der Waals surface area (Å²) in [5.41, 5.74) is 5.06. The molecule has 0 aliphatic heterocycles. The Morgan fingerprint density at radius 2 is 1.77 bits per heavy atom. The Bertz CT molecular complexity index is 898. The second-order valence-corrected chi connectivity index (χ2v) is 16.3. The fourth-order valence-corrected chi connectivity index (χ4v) is 8.97. The van der Waals surface area contributed by atoms with Gasteiger partial charge in [-0.15, -0.1) is 11.8 Å². The summed E-state index contributed by atoms with van der Waals surface area (Å²) in [6.07, 6.45) is 3.67. The molecule has 0 aromatic heterocycles. The Morgan fingerprint density at radius 3 is 2.36 bits per heavy atom. The van der Waals surface area contributed by atoms with Gasteiger partial charge in [0.2, 0.25) is 5.91 Å². The molecule has 3 saturated carbocycles. The summed E-state index contributed by atoms with van der Waals surface area (Å²) in [5.74, 6) is 0.109. The Hall–Kier alpha value is -0.830. The average molecular weight is 569 g/mol. The first-order valence-electron chi connectivity index (χ1n) is 15.2. The van der Waals surface area contributed by atoms with E-state index in [0.29, 0.717) is 13.0 Å². The van der Waals surface area contributed by atoms with Crippen molar-refractivity contribution in [1.82, 2.24) is 5.32 Å². The molecule has 1 amide bonds. The number of thioether (sulfide) groups is 1. The quantitative estimate of drug-likeness (QED) is 0.302. The second kappa shape index (κ2) is 11.8. The fourth-order valence-electron chi connectivity index (χ4n) is 8.22. The first-order chi connectivity index (χ1) is 17.9. The van der Waals surface area contributed by atoms with Crippen LogP contribution in [0.3, 0.4) is 0 Å². The maximum absolute atomic E-state index is 13.4. The molecule has 5 N–H and O–H groups in total. The molecule has 3 aliphatic rings. The molecule has 2 bridgehead atoms. The van der Waals surface area contributed by atoms with Gasteiger partial charge in [-0.25, -0.2) is 0 Å². The van der Waals surface area contributed by atoms with Gasteiger partial charge < -0.3 is 26.0 Å². The highest BCUT2D eigenvalue weighted by molar-refractivity contribution is 8.01. The number of hydrogen-bond acceptors (Lipinski definition) is 7. The van der Waals surface area contributed by atoms with E-state index in [1.165, 1.54) is 11.8 Å². The Morgan fingerprint density at radius 1 is 1.15 bits per heavy atom. The van der Waals surface area contributed by atoms with E-state index >= 15 is 0 Å². The number of carbonyl (C=O) groups excluding carboxylic acids is 2. The lowest BCUT2D eigenvalue weighted by molar-refractivity contribution is -0.223. The van der Waals surface area contributed by atoms with Crippen molar-refractivity contribution in [3.63, 3.8) is 0 Å². The Kier molecular flexibility index (Phi) is 9.90. The van der Waals surface area contributed by atoms with Crippen LogP contribution in [0.4, 0.5) is 0 Å². The average Bonchev–Trinajstić information content (AvgIpc) is 3.24.